The van der Waals surface area contributed by atoms with Gasteiger partial charge in [-0.1, -0.05) is 72.8 Å². The highest BCUT2D eigenvalue weighted by molar-refractivity contribution is 5.85. The summed E-state index contributed by atoms with van der Waals surface area (Å²) in [4.78, 5) is 18.5. The summed E-state index contributed by atoms with van der Waals surface area (Å²) in [6, 6.07) is 31.1. The maximum absolute atomic E-state index is 6.15. The first-order chi connectivity index (χ1) is 17.9. The van der Waals surface area contributed by atoms with Gasteiger partial charge in [-0.25, -0.2) is 20.0 Å². The smallest absolute Gasteiger partial charge is 0.152 e. The first kappa shape index (κ1) is 25.3. The minimum absolute atomic E-state index is 0.463. The van der Waals surface area contributed by atoms with Gasteiger partial charge in [0.1, 0.15) is 0 Å². The number of nitrogens with two attached hydrogens (primary N) is 2. The molecule has 4 aromatic rings. The Hall–Kier alpha value is -4.84. The van der Waals surface area contributed by atoms with Gasteiger partial charge in [-0.3, -0.25) is 0 Å². The Labute approximate surface area is 217 Å². The van der Waals surface area contributed by atoms with Gasteiger partial charge in [0.15, 0.2) is 11.6 Å². The van der Waals surface area contributed by atoms with Crippen molar-refractivity contribution in [2.24, 2.45) is 21.5 Å². The highest BCUT2D eigenvalue weighted by Crippen LogP contribution is 2.31. The summed E-state index contributed by atoms with van der Waals surface area (Å²) in [7, 11) is 0. The Morgan fingerprint density at radius 2 is 1.00 bits per heavy atom. The molecular weight excluding hydrogens is 456 g/mol. The lowest BCUT2D eigenvalue weighted by atomic mass is 9.84. The molecule has 2 heterocycles. The quantitative estimate of drug-likeness (QED) is 0.289. The predicted molar refractivity (Wildman–Crippen MR) is 154 cm³/mol. The molecule has 0 saturated carbocycles. The van der Waals surface area contributed by atoms with Crippen LogP contribution in [0.1, 0.15) is 36.4 Å². The highest BCUT2D eigenvalue weighted by Gasteiger charge is 2.26. The van der Waals surface area contributed by atoms with Crippen LogP contribution in [0.15, 0.2) is 119 Å². The van der Waals surface area contributed by atoms with Crippen LogP contribution in [0.2, 0.25) is 0 Å². The molecule has 37 heavy (non-hydrogen) atoms. The van der Waals surface area contributed by atoms with Gasteiger partial charge >= 0.3 is 0 Å². The summed E-state index contributed by atoms with van der Waals surface area (Å²) in [6.45, 7) is 4.17. The van der Waals surface area contributed by atoms with Crippen LogP contribution in [0, 0.1) is 0 Å². The third-order valence-corrected chi connectivity index (χ3v) is 5.89. The fourth-order valence-corrected chi connectivity index (χ4v) is 3.66. The van der Waals surface area contributed by atoms with E-state index < -0.39 is 5.41 Å². The van der Waals surface area contributed by atoms with Crippen LogP contribution in [-0.2, 0) is 5.41 Å². The third kappa shape index (κ3) is 6.64. The summed E-state index contributed by atoms with van der Waals surface area (Å²) in [5, 5.41) is 0. The second-order valence-electron chi connectivity index (χ2n) is 8.92. The van der Waals surface area contributed by atoms with Crippen molar-refractivity contribution in [2.45, 2.75) is 19.3 Å². The summed E-state index contributed by atoms with van der Waals surface area (Å²) in [5.41, 5.74) is 16.7. The van der Waals surface area contributed by atoms with E-state index in [1.807, 2.05) is 97.1 Å². The molecule has 0 aliphatic rings. The average molecular weight is 487 g/mol. The van der Waals surface area contributed by atoms with Gasteiger partial charge in [-0.05, 0) is 61.4 Å². The molecule has 0 unspecified atom stereocenters. The lowest BCUT2D eigenvalue weighted by Gasteiger charge is -2.23. The van der Waals surface area contributed by atoms with Crippen molar-refractivity contribution < 1.29 is 0 Å². The fourth-order valence-electron chi connectivity index (χ4n) is 3.66. The fraction of sp³-hybridized carbons (Fsp3) is 0.0968. The molecule has 0 aliphatic heterocycles. The van der Waals surface area contributed by atoms with Gasteiger partial charge in [0.05, 0.1) is 11.4 Å². The Morgan fingerprint density at radius 3 is 1.41 bits per heavy atom. The van der Waals surface area contributed by atoms with E-state index in [1.54, 1.807) is 24.6 Å². The Bertz CT molecular complexity index is 1340. The number of hydrogen-bond donors (Lipinski definition) is 2. The van der Waals surface area contributed by atoms with Crippen LogP contribution in [0.3, 0.4) is 0 Å². The van der Waals surface area contributed by atoms with E-state index in [4.69, 9.17) is 21.4 Å². The maximum Gasteiger partial charge on any atom is 0.152 e. The van der Waals surface area contributed by atoms with Crippen molar-refractivity contribution in [1.29, 1.82) is 0 Å². The standard InChI is InChI=1S/C31H30N6/c1-31(2,27-15-9-17-29(36-27)34-21-19-25(32)23-11-5-3-6-12-23)28-16-10-18-30(37-28)35-22-20-26(33)24-13-7-4-8-14-24/h3-22H,32-33H2,1-2H3. The highest BCUT2D eigenvalue weighted by atomic mass is 14.9. The Kier molecular flexibility index (Phi) is 8.01. The molecule has 0 fully saturated rings. The molecule has 2 aromatic heterocycles. The van der Waals surface area contributed by atoms with Crippen molar-refractivity contribution in [2.75, 3.05) is 0 Å². The summed E-state index contributed by atoms with van der Waals surface area (Å²) < 4.78 is 0. The first-order valence-electron chi connectivity index (χ1n) is 12.0. The third-order valence-electron chi connectivity index (χ3n) is 5.89. The number of benzene rings is 2. The Morgan fingerprint density at radius 1 is 0.595 bits per heavy atom. The molecule has 6 heteroatoms. The van der Waals surface area contributed by atoms with Crippen molar-refractivity contribution in [3.8, 4) is 0 Å². The zero-order valence-corrected chi connectivity index (χ0v) is 21.0. The van der Waals surface area contributed by atoms with Crippen LogP contribution in [-0.4, -0.2) is 22.4 Å². The molecule has 0 amide bonds. The van der Waals surface area contributed by atoms with Crippen molar-refractivity contribution >= 4 is 35.5 Å². The minimum atomic E-state index is -0.463. The largest absolute Gasteiger partial charge is 0.398 e. The normalized spacial score (nSPS) is 12.9. The maximum atomic E-state index is 6.15. The topological polar surface area (TPSA) is 103 Å². The number of nitrogens with zero attached hydrogens (tertiary/aromatic N) is 4. The number of allylic oxidation sites excluding steroid dienone is 2. The van der Waals surface area contributed by atoms with Gasteiger partial charge in [-0.15, -0.1) is 0 Å². The molecule has 6 nitrogen and oxygen atoms in total. The van der Waals surface area contributed by atoms with Gasteiger partial charge in [0, 0.05) is 29.2 Å². The zero-order valence-electron chi connectivity index (χ0n) is 21.0. The minimum Gasteiger partial charge on any atom is -0.398 e. The van der Waals surface area contributed by atoms with E-state index in [0.717, 1.165) is 22.5 Å². The van der Waals surface area contributed by atoms with Crippen molar-refractivity contribution in [3.63, 3.8) is 0 Å². The van der Waals surface area contributed by atoms with E-state index in [1.165, 1.54) is 0 Å². The van der Waals surface area contributed by atoms with Crippen LogP contribution in [0.4, 0.5) is 11.6 Å². The molecule has 0 spiro atoms. The molecule has 0 bridgehead atoms. The zero-order chi connectivity index (χ0) is 26.1. The number of pyridine rings is 2. The van der Waals surface area contributed by atoms with E-state index in [0.29, 0.717) is 23.0 Å². The molecule has 2 aromatic carbocycles. The van der Waals surface area contributed by atoms with E-state index >= 15 is 0 Å². The van der Waals surface area contributed by atoms with Crippen LogP contribution < -0.4 is 11.5 Å². The van der Waals surface area contributed by atoms with E-state index in [9.17, 15) is 0 Å². The van der Waals surface area contributed by atoms with Gasteiger partial charge in [0.2, 0.25) is 0 Å². The van der Waals surface area contributed by atoms with Gasteiger partial charge < -0.3 is 11.5 Å². The molecule has 0 atom stereocenters. The monoisotopic (exact) mass is 486 g/mol. The van der Waals surface area contributed by atoms with Crippen molar-refractivity contribution in [3.05, 3.63) is 132 Å². The predicted octanol–water partition coefficient (Wildman–Crippen LogP) is 6.21. The Balaban J connectivity index is 1.51. The first-order valence-corrected chi connectivity index (χ1v) is 12.0. The molecule has 4 rings (SSSR count). The molecule has 4 N–H and O–H groups in total. The number of aromatic nitrogens is 2. The summed E-state index contributed by atoms with van der Waals surface area (Å²) in [6.07, 6.45) is 6.89. The SMILES string of the molecule is CC(C)(c1cccc(N=CC=C(N)c2ccccc2)n1)c1cccc(N=CC=C(N)c2ccccc2)n1. The average Bonchev–Trinajstić information content (AvgIpc) is 2.94. The number of rotatable bonds is 8. The molecule has 0 aliphatic carbocycles. The van der Waals surface area contributed by atoms with Gasteiger partial charge in [-0.2, -0.15) is 0 Å². The lowest BCUT2D eigenvalue weighted by molar-refractivity contribution is 0.596. The summed E-state index contributed by atoms with van der Waals surface area (Å²) in [5.74, 6) is 1.19. The summed E-state index contributed by atoms with van der Waals surface area (Å²) >= 11 is 0. The molecular formula is C31H30N6. The second kappa shape index (κ2) is 11.7. The molecule has 0 radical (unpaired) electrons. The van der Waals surface area contributed by atoms with E-state index in [-0.39, 0.29) is 0 Å². The van der Waals surface area contributed by atoms with E-state index in [2.05, 4.69) is 23.8 Å². The van der Waals surface area contributed by atoms with Crippen LogP contribution in [0.5, 0.6) is 0 Å². The molecule has 184 valence electrons. The van der Waals surface area contributed by atoms with Crippen molar-refractivity contribution in [1.82, 2.24) is 9.97 Å². The van der Waals surface area contributed by atoms with Crippen LogP contribution >= 0.6 is 0 Å². The number of aliphatic imine (C=N–C) groups is 2. The molecule has 0 saturated heterocycles. The second-order valence-corrected chi connectivity index (χ2v) is 8.92. The van der Waals surface area contributed by atoms with Crippen LogP contribution in [0.25, 0.3) is 11.4 Å². The van der Waals surface area contributed by atoms with Gasteiger partial charge in [0.25, 0.3) is 0 Å². The lowest BCUT2D eigenvalue weighted by Crippen LogP contribution is -2.21. The number of hydrogen-bond acceptors (Lipinski definition) is 6.